The van der Waals surface area contributed by atoms with E-state index in [1.165, 1.54) is 19.4 Å². The Morgan fingerprint density at radius 2 is 2.35 bits per heavy atom. The van der Waals surface area contributed by atoms with Crippen molar-refractivity contribution in [2.24, 2.45) is 10.1 Å². The zero-order chi connectivity index (χ0) is 15.0. The second-order valence-corrected chi connectivity index (χ2v) is 4.46. The van der Waals surface area contributed by atoms with Gasteiger partial charge in [-0.15, -0.1) is 6.58 Å². The van der Waals surface area contributed by atoms with Crippen molar-refractivity contribution >= 4 is 23.5 Å². The number of allylic oxidation sites excluding steroid dienone is 2. The van der Waals surface area contributed by atoms with Crippen LogP contribution in [-0.4, -0.2) is 30.5 Å². The number of esters is 1. The molecule has 0 atom stereocenters. The Hall–Kier alpha value is -2.28. The van der Waals surface area contributed by atoms with E-state index in [1.807, 2.05) is 6.92 Å². The molecule has 0 aliphatic rings. The van der Waals surface area contributed by atoms with Crippen LogP contribution in [0.5, 0.6) is 0 Å². The van der Waals surface area contributed by atoms with Gasteiger partial charge in [0.25, 0.3) is 5.56 Å². The van der Waals surface area contributed by atoms with Crippen LogP contribution in [0.1, 0.15) is 16.6 Å². The number of ether oxygens (including phenoxy) is 1. The number of hydrogen-bond donors (Lipinski definition) is 0. The first-order valence-electron chi connectivity index (χ1n) is 5.76. The summed E-state index contributed by atoms with van der Waals surface area (Å²) >= 11 is 1.03. The maximum Gasteiger partial charge on any atom is 0.348 e. The lowest BCUT2D eigenvalue weighted by atomic mass is 10.5. The molecular weight excluding hydrogens is 278 g/mol. The standard InChI is InChI=1S/C13H15N3O3S/c1-4-6-8-15-16-11(17)9-10(12(18)19-3)20-13(16)14-7-5-2/h4-6,8-9H,2,7H2,1,3H3/b6-4+,14-13?,15-8+. The van der Waals surface area contributed by atoms with Gasteiger partial charge < -0.3 is 4.74 Å². The molecule has 0 spiro atoms. The Morgan fingerprint density at radius 1 is 1.60 bits per heavy atom. The summed E-state index contributed by atoms with van der Waals surface area (Å²) in [5.74, 6) is -0.577. The summed E-state index contributed by atoms with van der Waals surface area (Å²) in [6.45, 7) is 5.71. The Kier molecular flexibility index (Phi) is 6.31. The number of hydrogen-bond acceptors (Lipinski definition) is 6. The van der Waals surface area contributed by atoms with Gasteiger partial charge in [0.2, 0.25) is 4.80 Å². The zero-order valence-electron chi connectivity index (χ0n) is 11.3. The van der Waals surface area contributed by atoms with Gasteiger partial charge in [0.1, 0.15) is 4.88 Å². The molecule has 0 saturated carbocycles. The van der Waals surface area contributed by atoms with Crippen molar-refractivity contribution in [1.29, 1.82) is 0 Å². The molecule has 20 heavy (non-hydrogen) atoms. The van der Waals surface area contributed by atoms with Crippen molar-refractivity contribution in [2.45, 2.75) is 6.92 Å². The highest BCUT2D eigenvalue weighted by atomic mass is 32.1. The molecule has 0 aliphatic carbocycles. The SMILES string of the molecule is C=CCN=c1sc(C(=O)OC)cc(=O)n1/N=C/C=C/C. The van der Waals surface area contributed by atoms with E-state index in [0.29, 0.717) is 11.3 Å². The van der Waals surface area contributed by atoms with Gasteiger partial charge >= 0.3 is 5.97 Å². The molecule has 0 N–H and O–H groups in total. The first-order valence-corrected chi connectivity index (χ1v) is 6.58. The Balaban J connectivity index is 3.46. The fourth-order valence-electron chi connectivity index (χ4n) is 1.18. The molecule has 0 fully saturated rings. The zero-order valence-corrected chi connectivity index (χ0v) is 12.1. The topological polar surface area (TPSA) is 73.0 Å². The fourth-order valence-corrected chi connectivity index (χ4v) is 2.06. The highest BCUT2D eigenvalue weighted by Gasteiger charge is 2.10. The maximum atomic E-state index is 12.0. The van der Waals surface area contributed by atoms with E-state index < -0.39 is 11.5 Å². The minimum absolute atomic E-state index is 0.179. The monoisotopic (exact) mass is 293 g/mol. The summed E-state index contributed by atoms with van der Waals surface area (Å²) < 4.78 is 5.73. The molecule has 0 saturated heterocycles. The molecule has 0 unspecified atom stereocenters. The number of nitrogens with zero attached hydrogens (tertiary/aromatic N) is 3. The predicted molar refractivity (Wildman–Crippen MR) is 79.2 cm³/mol. The highest BCUT2D eigenvalue weighted by Crippen LogP contribution is 2.01. The Bertz CT molecular complexity index is 668. The van der Waals surface area contributed by atoms with Crippen LogP contribution < -0.4 is 10.4 Å². The molecule has 106 valence electrons. The molecule has 0 aliphatic heterocycles. The molecule has 0 aromatic carbocycles. The highest BCUT2D eigenvalue weighted by molar-refractivity contribution is 7.11. The van der Waals surface area contributed by atoms with E-state index in [2.05, 4.69) is 21.4 Å². The van der Waals surface area contributed by atoms with Gasteiger partial charge in [-0.1, -0.05) is 23.5 Å². The third-order valence-corrected chi connectivity index (χ3v) is 3.04. The number of rotatable bonds is 5. The van der Waals surface area contributed by atoms with Crippen LogP contribution in [0.4, 0.5) is 0 Å². The molecule has 1 aromatic rings. The number of carbonyl (C=O) groups is 1. The lowest BCUT2D eigenvalue weighted by molar-refractivity contribution is 0.0606. The van der Waals surface area contributed by atoms with Crippen molar-refractivity contribution in [1.82, 2.24) is 4.68 Å². The fraction of sp³-hybridized carbons (Fsp3) is 0.231. The quantitative estimate of drug-likeness (QED) is 0.465. The number of carbonyl (C=O) groups excluding carboxylic acids is 1. The normalized spacial score (nSPS) is 12.2. The summed E-state index contributed by atoms with van der Waals surface area (Å²) in [4.78, 5) is 28.1. The molecule has 0 radical (unpaired) electrons. The smallest absolute Gasteiger partial charge is 0.348 e. The van der Waals surface area contributed by atoms with E-state index in [4.69, 9.17) is 0 Å². The van der Waals surface area contributed by atoms with Crippen LogP contribution in [0.3, 0.4) is 0 Å². The predicted octanol–water partition coefficient (Wildman–Crippen LogP) is 1.19. The summed E-state index contributed by atoms with van der Waals surface area (Å²) in [5, 5.41) is 4.00. The molecule has 1 rings (SSSR count). The molecule has 1 heterocycles. The largest absolute Gasteiger partial charge is 0.465 e. The summed E-state index contributed by atoms with van der Waals surface area (Å²) in [7, 11) is 1.26. The average Bonchev–Trinajstić information content (AvgIpc) is 2.46. The molecule has 0 bridgehead atoms. The van der Waals surface area contributed by atoms with Crippen molar-refractivity contribution in [3.8, 4) is 0 Å². The first-order chi connectivity index (χ1) is 9.63. The molecule has 1 aromatic heterocycles. The first kappa shape index (κ1) is 15.8. The minimum atomic E-state index is -0.577. The summed E-state index contributed by atoms with van der Waals surface area (Å²) in [6.07, 6.45) is 6.52. The van der Waals surface area contributed by atoms with Crippen molar-refractivity contribution < 1.29 is 9.53 Å². The third-order valence-electron chi connectivity index (χ3n) is 2.05. The molecular formula is C13H15N3O3S. The molecule has 7 heteroatoms. The summed E-state index contributed by atoms with van der Waals surface area (Å²) in [6, 6.07) is 1.18. The summed E-state index contributed by atoms with van der Waals surface area (Å²) in [5.41, 5.74) is -0.451. The van der Waals surface area contributed by atoms with Crippen LogP contribution >= 0.6 is 11.3 Å². The van der Waals surface area contributed by atoms with Crippen LogP contribution in [0.15, 0.2) is 45.8 Å². The third kappa shape index (κ3) is 4.13. The van der Waals surface area contributed by atoms with E-state index in [1.54, 1.807) is 18.2 Å². The van der Waals surface area contributed by atoms with E-state index in [9.17, 15) is 9.59 Å². The van der Waals surface area contributed by atoms with Crippen molar-refractivity contribution in [3.63, 3.8) is 0 Å². The van der Waals surface area contributed by atoms with Crippen LogP contribution in [-0.2, 0) is 4.74 Å². The average molecular weight is 293 g/mol. The van der Waals surface area contributed by atoms with Gasteiger partial charge in [-0.05, 0) is 13.0 Å². The van der Waals surface area contributed by atoms with Crippen molar-refractivity contribution in [3.05, 3.63) is 50.9 Å². The molecule has 0 amide bonds. The van der Waals surface area contributed by atoms with Gasteiger partial charge in [-0.2, -0.15) is 9.78 Å². The number of methoxy groups -OCH3 is 1. The number of aromatic nitrogens is 1. The van der Waals surface area contributed by atoms with E-state index >= 15 is 0 Å². The second kappa shape index (κ2) is 8.00. The van der Waals surface area contributed by atoms with Crippen LogP contribution in [0, 0.1) is 0 Å². The lowest BCUT2D eigenvalue weighted by Crippen LogP contribution is -2.30. The van der Waals surface area contributed by atoms with Gasteiger partial charge in [0.05, 0.1) is 13.7 Å². The second-order valence-electron chi connectivity index (χ2n) is 3.45. The van der Waals surface area contributed by atoms with Crippen molar-refractivity contribution in [2.75, 3.05) is 13.7 Å². The van der Waals surface area contributed by atoms with E-state index in [-0.39, 0.29) is 4.88 Å². The van der Waals surface area contributed by atoms with E-state index in [0.717, 1.165) is 16.0 Å². The van der Waals surface area contributed by atoms with Gasteiger partial charge in [0.15, 0.2) is 0 Å². The van der Waals surface area contributed by atoms with Crippen LogP contribution in [0.25, 0.3) is 0 Å². The lowest BCUT2D eigenvalue weighted by Gasteiger charge is -2.01. The maximum absolute atomic E-state index is 12.0. The van der Waals surface area contributed by atoms with Gasteiger partial charge in [-0.25, -0.2) is 4.79 Å². The minimum Gasteiger partial charge on any atom is -0.465 e. The van der Waals surface area contributed by atoms with Gasteiger partial charge in [0, 0.05) is 12.3 Å². The Morgan fingerprint density at radius 3 is 2.95 bits per heavy atom. The molecule has 6 nitrogen and oxygen atoms in total. The Labute approximate surface area is 120 Å². The van der Waals surface area contributed by atoms with Gasteiger partial charge in [-0.3, -0.25) is 9.79 Å². The van der Waals surface area contributed by atoms with Crippen LogP contribution in [0.2, 0.25) is 0 Å².